The van der Waals surface area contributed by atoms with Crippen LogP contribution in [0.5, 0.6) is 0 Å². The van der Waals surface area contributed by atoms with E-state index < -0.39 is 48.9 Å². The first kappa shape index (κ1) is 19.2. The lowest BCUT2D eigenvalue weighted by Crippen LogP contribution is -2.43. The molecule has 144 valence electrons. The molecule has 3 atom stereocenters. The van der Waals surface area contributed by atoms with Gasteiger partial charge in [-0.15, -0.1) is 4.40 Å². The molecule has 0 aromatic heterocycles. The van der Waals surface area contributed by atoms with Crippen molar-refractivity contribution in [1.82, 2.24) is 0 Å². The number of primary sulfonamides is 1. The summed E-state index contributed by atoms with van der Waals surface area (Å²) in [6.07, 6.45) is 2.34. The van der Waals surface area contributed by atoms with Crippen molar-refractivity contribution in [1.29, 1.82) is 0 Å². The maximum Gasteiger partial charge on any atom is 0.262 e. The van der Waals surface area contributed by atoms with E-state index in [0.29, 0.717) is 18.4 Å². The van der Waals surface area contributed by atoms with Crippen molar-refractivity contribution in [2.75, 3.05) is 5.75 Å². The van der Waals surface area contributed by atoms with Crippen LogP contribution in [0.25, 0.3) is 0 Å². The molecular formula is C16H21FN2O5S2. The number of ether oxygens (including phenoxy) is 1. The van der Waals surface area contributed by atoms with Crippen LogP contribution in [0.2, 0.25) is 0 Å². The van der Waals surface area contributed by atoms with E-state index in [9.17, 15) is 21.2 Å². The van der Waals surface area contributed by atoms with E-state index in [0.717, 1.165) is 12.8 Å². The highest BCUT2D eigenvalue weighted by molar-refractivity contribution is 7.91. The molecule has 1 aliphatic carbocycles. The van der Waals surface area contributed by atoms with Crippen molar-refractivity contribution < 1.29 is 26.0 Å². The fourth-order valence-electron chi connectivity index (χ4n) is 3.53. The van der Waals surface area contributed by atoms with Gasteiger partial charge in [-0.2, -0.15) is 0 Å². The van der Waals surface area contributed by atoms with Crippen molar-refractivity contribution in [3.05, 3.63) is 35.6 Å². The summed E-state index contributed by atoms with van der Waals surface area (Å²) in [4.78, 5) is 0. The molecule has 2 aliphatic rings. The number of hydrogen-bond acceptors (Lipinski definition) is 5. The lowest BCUT2D eigenvalue weighted by atomic mass is 9.96. The Morgan fingerprint density at radius 1 is 1.23 bits per heavy atom. The third-order valence-electron chi connectivity index (χ3n) is 4.74. The highest BCUT2D eigenvalue weighted by Crippen LogP contribution is 2.33. The molecule has 3 rings (SSSR count). The predicted octanol–water partition coefficient (Wildman–Crippen LogP) is 1.66. The van der Waals surface area contributed by atoms with Crippen LogP contribution in [-0.2, 0) is 24.8 Å². The molecule has 7 nitrogen and oxygen atoms in total. The molecule has 10 heteroatoms. The van der Waals surface area contributed by atoms with Crippen molar-refractivity contribution >= 4 is 25.9 Å². The van der Waals surface area contributed by atoms with Gasteiger partial charge in [-0.25, -0.2) is 26.4 Å². The number of rotatable bonds is 5. The fraction of sp³-hybridized carbons (Fsp3) is 0.562. The Kier molecular flexibility index (Phi) is 5.36. The van der Waals surface area contributed by atoms with Crippen LogP contribution in [0.15, 0.2) is 28.7 Å². The molecule has 26 heavy (non-hydrogen) atoms. The molecule has 1 fully saturated rings. The van der Waals surface area contributed by atoms with Gasteiger partial charge in [0.2, 0.25) is 15.9 Å². The van der Waals surface area contributed by atoms with Gasteiger partial charge in [-0.1, -0.05) is 18.6 Å². The Bertz CT molecular complexity index is 897. The number of fused-ring (bicyclic) bond motifs is 1. The molecule has 2 N–H and O–H groups in total. The van der Waals surface area contributed by atoms with Gasteiger partial charge in [-0.05, 0) is 37.0 Å². The summed E-state index contributed by atoms with van der Waals surface area (Å²) in [5.41, 5.74) is 0.523. The number of nitrogens with two attached hydrogens (primary N) is 1. The molecule has 1 aromatic carbocycles. The minimum absolute atomic E-state index is 0.00822. The van der Waals surface area contributed by atoms with Crippen molar-refractivity contribution in [3.63, 3.8) is 0 Å². The second-order valence-corrected chi connectivity index (χ2v) is 10.2. The van der Waals surface area contributed by atoms with Crippen LogP contribution in [0.1, 0.15) is 43.6 Å². The lowest BCUT2D eigenvalue weighted by molar-refractivity contribution is 0.135. The summed E-state index contributed by atoms with van der Waals surface area (Å²) in [6, 6.07) is 5.32. The summed E-state index contributed by atoms with van der Waals surface area (Å²) in [7, 11) is -7.53. The number of halogens is 1. The van der Waals surface area contributed by atoms with Crippen LogP contribution < -0.4 is 5.14 Å². The highest BCUT2D eigenvalue weighted by Gasteiger charge is 2.41. The van der Waals surface area contributed by atoms with Crippen LogP contribution in [0, 0.1) is 5.82 Å². The van der Waals surface area contributed by atoms with Crippen LogP contribution in [0.3, 0.4) is 0 Å². The summed E-state index contributed by atoms with van der Waals surface area (Å²) < 4.78 is 70.7. The molecular weight excluding hydrogens is 383 g/mol. The first-order chi connectivity index (χ1) is 12.1. The average molecular weight is 404 g/mol. The van der Waals surface area contributed by atoms with E-state index in [2.05, 4.69) is 4.40 Å². The smallest absolute Gasteiger partial charge is 0.262 e. The fourth-order valence-corrected chi connectivity index (χ4v) is 5.98. The Hall–Kier alpha value is -1.52. The highest BCUT2D eigenvalue weighted by atomic mass is 32.2. The second kappa shape index (κ2) is 7.24. The SMILES string of the molecule is NS(=O)(=O)CC(CC1=NS(=O)(=O)[C@@H]2CCCC[C@@H]2O1)c1ccc(F)cc1. The number of sulfonamides is 2. The Morgan fingerprint density at radius 2 is 1.88 bits per heavy atom. The summed E-state index contributed by atoms with van der Waals surface area (Å²) >= 11 is 0. The maximum absolute atomic E-state index is 13.2. The lowest BCUT2D eigenvalue weighted by Gasteiger charge is -2.34. The molecule has 0 spiro atoms. The molecule has 0 radical (unpaired) electrons. The summed E-state index contributed by atoms with van der Waals surface area (Å²) in [5, 5.41) is 4.53. The standard InChI is InChI=1S/C16H21FN2O5S2/c17-13-7-5-11(6-8-13)12(10-25(18,20)21)9-16-19-26(22,23)15-4-2-1-3-14(15)24-16/h5-8,12,14-15H,1-4,9-10H2,(H2,18,20,21)/t12?,14-,15+/m0/s1. The average Bonchev–Trinajstić information content (AvgIpc) is 2.53. The van der Waals surface area contributed by atoms with E-state index in [4.69, 9.17) is 9.88 Å². The molecule has 0 saturated heterocycles. The molecule has 1 heterocycles. The van der Waals surface area contributed by atoms with Gasteiger partial charge in [-0.3, -0.25) is 0 Å². The van der Waals surface area contributed by atoms with E-state index in [1.807, 2.05) is 0 Å². The van der Waals surface area contributed by atoms with Crippen molar-refractivity contribution in [2.45, 2.75) is 49.4 Å². The van der Waals surface area contributed by atoms with E-state index in [1.165, 1.54) is 24.3 Å². The van der Waals surface area contributed by atoms with Crippen LogP contribution >= 0.6 is 0 Å². The minimum atomic E-state index is -3.84. The Morgan fingerprint density at radius 3 is 2.54 bits per heavy atom. The topological polar surface area (TPSA) is 116 Å². The molecule has 0 amide bonds. The van der Waals surface area contributed by atoms with E-state index >= 15 is 0 Å². The van der Waals surface area contributed by atoms with Gasteiger partial charge in [0.25, 0.3) is 10.0 Å². The van der Waals surface area contributed by atoms with E-state index in [1.54, 1.807) is 0 Å². The summed E-state index contributed by atoms with van der Waals surface area (Å²) in [6.45, 7) is 0. The van der Waals surface area contributed by atoms with Gasteiger partial charge < -0.3 is 4.74 Å². The molecule has 1 aliphatic heterocycles. The third-order valence-corrected chi connectivity index (χ3v) is 7.37. The Balaban J connectivity index is 1.88. The van der Waals surface area contributed by atoms with E-state index in [-0.39, 0.29) is 12.3 Å². The number of nitrogens with zero attached hydrogens (tertiary/aromatic N) is 1. The number of benzene rings is 1. The quantitative estimate of drug-likeness (QED) is 0.801. The van der Waals surface area contributed by atoms with Crippen molar-refractivity contribution in [3.8, 4) is 0 Å². The zero-order valence-electron chi connectivity index (χ0n) is 14.0. The van der Waals surface area contributed by atoms with Crippen LogP contribution in [-0.4, -0.2) is 39.8 Å². The van der Waals surface area contributed by atoms with Gasteiger partial charge in [0.1, 0.15) is 17.2 Å². The van der Waals surface area contributed by atoms with Gasteiger partial charge in [0.05, 0.1) is 5.75 Å². The monoisotopic (exact) mass is 404 g/mol. The molecule has 1 aromatic rings. The zero-order valence-corrected chi connectivity index (χ0v) is 15.7. The summed E-state index contributed by atoms with van der Waals surface area (Å²) in [5.74, 6) is -1.57. The predicted molar refractivity (Wildman–Crippen MR) is 95.2 cm³/mol. The van der Waals surface area contributed by atoms with Gasteiger partial charge in [0, 0.05) is 12.3 Å². The normalized spacial score (nSPS) is 26.3. The third kappa shape index (κ3) is 4.60. The maximum atomic E-state index is 13.2. The second-order valence-electron chi connectivity index (χ2n) is 6.76. The first-order valence-corrected chi connectivity index (χ1v) is 11.6. The largest absolute Gasteiger partial charge is 0.475 e. The molecule has 1 unspecified atom stereocenters. The minimum Gasteiger partial charge on any atom is -0.475 e. The van der Waals surface area contributed by atoms with Gasteiger partial charge in [0.15, 0.2) is 0 Å². The van der Waals surface area contributed by atoms with Crippen LogP contribution in [0.4, 0.5) is 4.39 Å². The van der Waals surface area contributed by atoms with Gasteiger partial charge >= 0.3 is 0 Å². The van der Waals surface area contributed by atoms with Crippen molar-refractivity contribution in [2.24, 2.45) is 9.54 Å². The molecule has 0 bridgehead atoms. The first-order valence-electron chi connectivity index (χ1n) is 8.39. The molecule has 1 saturated carbocycles. The number of hydrogen-bond donors (Lipinski definition) is 1. The zero-order chi connectivity index (χ0) is 18.9. The Labute approximate surface area is 152 Å².